The van der Waals surface area contributed by atoms with Crippen molar-refractivity contribution in [2.45, 2.75) is 44.8 Å². The lowest BCUT2D eigenvalue weighted by Gasteiger charge is -2.14. The van der Waals surface area contributed by atoms with Gasteiger partial charge < -0.3 is 15.5 Å². The number of aryl methyl sites for hydroxylation is 3. The summed E-state index contributed by atoms with van der Waals surface area (Å²) in [5.41, 5.74) is 5.48. The largest absolute Gasteiger partial charge is 0.490 e. The molecule has 8 nitrogen and oxygen atoms in total. The van der Waals surface area contributed by atoms with Crippen LogP contribution in [0.3, 0.4) is 0 Å². The van der Waals surface area contributed by atoms with Crippen molar-refractivity contribution in [1.29, 1.82) is 0 Å². The highest BCUT2D eigenvalue weighted by atomic mass is 79.9. The molecule has 0 bridgehead atoms. The second kappa shape index (κ2) is 12.8. The van der Waals surface area contributed by atoms with Gasteiger partial charge in [-0.2, -0.15) is 18.3 Å². The van der Waals surface area contributed by atoms with Crippen LogP contribution in [-0.4, -0.2) is 56.2 Å². The molecule has 0 radical (unpaired) electrons. The number of aromatic nitrogens is 3. The average molecular weight is 583 g/mol. The molecule has 1 aliphatic carbocycles. The first-order chi connectivity index (χ1) is 17.6. The van der Waals surface area contributed by atoms with Crippen molar-refractivity contribution >= 4 is 27.9 Å². The second-order valence-electron chi connectivity index (χ2n) is 8.37. The van der Waals surface area contributed by atoms with Gasteiger partial charge in [0.2, 0.25) is 0 Å². The quantitative estimate of drug-likeness (QED) is 0.312. The molecule has 12 heteroatoms. The number of alkyl halides is 3. The number of fused-ring (bicyclic) bond motifs is 3. The lowest BCUT2D eigenvalue weighted by molar-refractivity contribution is -0.192. The highest BCUT2D eigenvalue weighted by Gasteiger charge is 2.38. The second-order valence-corrected chi connectivity index (χ2v) is 9.29. The number of aromatic carboxylic acids is 1. The van der Waals surface area contributed by atoms with Crippen LogP contribution in [0.4, 0.5) is 13.2 Å². The summed E-state index contributed by atoms with van der Waals surface area (Å²) >= 11 is 3.46. The Bertz CT molecular complexity index is 1230. The van der Waals surface area contributed by atoms with E-state index >= 15 is 0 Å². The summed E-state index contributed by atoms with van der Waals surface area (Å²) in [6, 6.07) is 10.4. The van der Waals surface area contributed by atoms with Gasteiger partial charge in [-0.3, -0.25) is 9.67 Å². The number of nitrogens with zero attached hydrogens (tertiary/aromatic N) is 3. The summed E-state index contributed by atoms with van der Waals surface area (Å²) < 4.78 is 34.5. The zero-order valence-corrected chi connectivity index (χ0v) is 21.3. The monoisotopic (exact) mass is 582 g/mol. The zero-order valence-electron chi connectivity index (χ0n) is 19.8. The molecule has 0 atom stereocenters. The first-order valence-electron chi connectivity index (χ1n) is 11.6. The molecule has 0 unspecified atom stereocenters. The van der Waals surface area contributed by atoms with Crippen LogP contribution in [0.15, 0.2) is 47.2 Å². The summed E-state index contributed by atoms with van der Waals surface area (Å²) in [5.74, 6) is -3.66. The Hall–Kier alpha value is -3.25. The number of carboxylic acids is 2. The summed E-state index contributed by atoms with van der Waals surface area (Å²) in [6.07, 6.45) is 2.97. The van der Waals surface area contributed by atoms with Gasteiger partial charge in [-0.05, 0) is 74.5 Å². The molecular weight excluding hydrogens is 557 g/mol. The highest BCUT2D eigenvalue weighted by molar-refractivity contribution is 9.10. The van der Waals surface area contributed by atoms with E-state index in [1.807, 2.05) is 12.3 Å². The van der Waals surface area contributed by atoms with Crippen molar-refractivity contribution in [1.82, 2.24) is 20.1 Å². The van der Waals surface area contributed by atoms with Crippen molar-refractivity contribution in [3.8, 4) is 11.3 Å². The number of aliphatic carboxylic acids is 1. The Labute approximate surface area is 219 Å². The molecule has 0 saturated heterocycles. The third kappa shape index (κ3) is 7.86. The van der Waals surface area contributed by atoms with E-state index in [1.165, 1.54) is 5.56 Å². The van der Waals surface area contributed by atoms with Gasteiger partial charge in [-0.25, -0.2) is 9.59 Å². The van der Waals surface area contributed by atoms with Gasteiger partial charge in [0.1, 0.15) is 5.69 Å². The maximum Gasteiger partial charge on any atom is 0.490 e. The number of pyridine rings is 1. The van der Waals surface area contributed by atoms with Crippen molar-refractivity contribution in [3.63, 3.8) is 0 Å². The number of nitrogens with one attached hydrogen (secondary N) is 1. The molecule has 0 aliphatic heterocycles. The van der Waals surface area contributed by atoms with Crippen LogP contribution in [-0.2, 0) is 30.6 Å². The number of carbonyl (C=O) groups is 2. The Balaban J connectivity index is 0.000000479. The number of benzene rings is 1. The fourth-order valence-electron chi connectivity index (χ4n) is 4.02. The van der Waals surface area contributed by atoms with Gasteiger partial charge in [-0.15, -0.1) is 0 Å². The lowest BCUT2D eigenvalue weighted by Crippen LogP contribution is -2.21. The van der Waals surface area contributed by atoms with Crippen molar-refractivity contribution < 1.29 is 33.0 Å². The van der Waals surface area contributed by atoms with Crippen molar-refractivity contribution in [2.75, 3.05) is 13.1 Å². The van der Waals surface area contributed by atoms with E-state index in [0.29, 0.717) is 18.7 Å². The normalized spacial score (nSPS) is 12.2. The van der Waals surface area contributed by atoms with Crippen LogP contribution in [0, 0.1) is 0 Å². The van der Waals surface area contributed by atoms with E-state index in [2.05, 4.69) is 55.6 Å². The topological polar surface area (TPSA) is 117 Å². The molecule has 0 spiro atoms. The summed E-state index contributed by atoms with van der Waals surface area (Å²) in [4.78, 5) is 25.0. The fourth-order valence-corrected chi connectivity index (χ4v) is 4.28. The van der Waals surface area contributed by atoms with Gasteiger partial charge in [0.25, 0.3) is 0 Å². The van der Waals surface area contributed by atoms with E-state index in [-0.39, 0.29) is 0 Å². The van der Waals surface area contributed by atoms with Crippen LogP contribution in [0.1, 0.15) is 40.0 Å². The van der Waals surface area contributed by atoms with Crippen LogP contribution in [0.2, 0.25) is 0 Å². The molecule has 0 fully saturated rings. The predicted molar refractivity (Wildman–Crippen MR) is 133 cm³/mol. The number of carboxylic acid groups (broad SMARTS) is 2. The Morgan fingerprint density at radius 1 is 1.05 bits per heavy atom. The Kier molecular flexibility index (Phi) is 9.81. The SMILES string of the molecule is O=C(O)C(F)(F)F.O=C(O)c1c2c(nn1CCCNCCCc1ccc(Br)cc1)-c1ccncc1CC2. The molecule has 2 aromatic heterocycles. The molecule has 198 valence electrons. The van der Waals surface area contributed by atoms with Gasteiger partial charge >= 0.3 is 18.1 Å². The molecule has 3 N–H and O–H groups in total. The molecule has 1 aromatic carbocycles. The van der Waals surface area contributed by atoms with Gasteiger partial charge in [0, 0.05) is 34.5 Å². The van der Waals surface area contributed by atoms with Crippen molar-refractivity contribution in [3.05, 3.63) is 69.6 Å². The van der Waals surface area contributed by atoms with Crippen LogP contribution in [0.25, 0.3) is 11.3 Å². The van der Waals surface area contributed by atoms with Crippen LogP contribution < -0.4 is 5.32 Å². The van der Waals surface area contributed by atoms with E-state index < -0.39 is 18.1 Å². The lowest BCUT2D eigenvalue weighted by atomic mass is 9.90. The maximum absolute atomic E-state index is 11.9. The number of hydrogen-bond acceptors (Lipinski definition) is 5. The number of rotatable bonds is 9. The van der Waals surface area contributed by atoms with E-state index in [0.717, 1.165) is 65.6 Å². The molecule has 0 saturated carbocycles. The number of hydrogen-bond donors (Lipinski definition) is 3. The molecule has 0 amide bonds. The summed E-state index contributed by atoms with van der Waals surface area (Å²) in [7, 11) is 0. The van der Waals surface area contributed by atoms with Crippen LogP contribution in [0.5, 0.6) is 0 Å². The Morgan fingerprint density at radius 3 is 2.38 bits per heavy atom. The first kappa shape index (κ1) is 28.3. The van der Waals surface area contributed by atoms with Crippen LogP contribution >= 0.6 is 15.9 Å². The molecule has 1 aliphatic rings. The van der Waals surface area contributed by atoms with E-state index in [9.17, 15) is 23.1 Å². The highest BCUT2D eigenvalue weighted by Crippen LogP contribution is 2.34. The Morgan fingerprint density at radius 2 is 1.73 bits per heavy atom. The number of halogens is 4. The third-order valence-electron chi connectivity index (χ3n) is 5.75. The smallest absolute Gasteiger partial charge is 0.477 e. The third-order valence-corrected chi connectivity index (χ3v) is 6.28. The first-order valence-corrected chi connectivity index (χ1v) is 12.4. The van der Waals surface area contributed by atoms with Crippen molar-refractivity contribution in [2.24, 2.45) is 0 Å². The zero-order chi connectivity index (χ0) is 27.0. The average Bonchev–Trinajstić information content (AvgIpc) is 3.23. The minimum absolute atomic E-state index is 0.336. The minimum Gasteiger partial charge on any atom is -0.477 e. The van der Waals surface area contributed by atoms with Gasteiger partial charge in [0.05, 0.1) is 5.69 Å². The van der Waals surface area contributed by atoms with E-state index in [4.69, 9.17) is 9.90 Å². The fraction of sp³-hybridized carbons (Fsp3) is 0.360. The molecule has 2 heterocycles. The summed E-state index contributed by atoms with van der Waals surface area (Å²) in [6.45, 7) is 2.37. The molecule has 4 rings (SSSR count). The maximum atomic E-state index is 11.9. The molecule has 3 aromatic rings. The molecule has 37 heavy (non-hydrogen) atoms. The van der Waals surface area contributed by atoms with Gasteiger partial charge in [0.15, 0.2) is 0 Å². The molecular formula is C25H26BrF3N4O4. The van der Waals surface area contributed by atoms with E-state index in [1.54, 1.807) is 10.9 Å². The standard InChI is InChI=1S/C23H25BrN4O2.C2HF3O2/c24-18-7-4-16(5-8-18)3-1-11-25-12-2-14-28-22(23(29)30)20-9-6-17-15-26-13-10-19(17)21(20)27-28;3-2(4,5)1(6)7/h4-5,7-8,10,13,15,25H,1-3,6,9,11-12,14H2,(H,29,30);(H,6,7). The predicted octanol–water partition coefficient (Wildman–Crippen LogP) is 4.75. The minimum atomic E-state index is -5.08. The van der Waals surface area contributed by atoms with Gasteiger partial charge in [-0.1, -0.05) is 28.1 Å². The summed E-state index contributed by atoms with van der Waals surface area (Å²) in [5, 5.41) is 25.0.